The number of nitrogens with zero attached hydrogens (tertiary/aromatic N) is 2. The van der Waals surface area contributed by atoms with Gasteiger partial charge in [-0.25, -0.2) is 0 Å². The molecule has 3 aromatic rings. The minimum atomic E-state index is 0.663. The summed E-state index contributed by atoms with van der Waals surface area (Å²) in [7, 11) is 0. The molecule has 0 saturated carbocycles. The van der Waals surface area contributed by atoms with Crippen LogP contribution in [-0.2, 0) is 12.3 Å². The Morgan fingerprint density at radius 2 is 1.93 bits per heavy atom. The molecule has 1 aliphatic rings. The molecule has 2 aromatic carbocycles. The molecule has 0 saturated heterocycles. The van der Waals surface area contributed by atoms with Gasteiger partial charge in [0.05, 0.1) is 0 Å². The van der Waals surface area contributed by atoms with E-state index in [4.69, 9.17) is 4.74 Å². The number of aromatic nitrogens is 1. The molecule has 1 aromatic heterocycles. The van der Waals surface area contributed by atoms with Crippen LogP contribution in [0.4, 0.5) is 0 Å². The Morgan fingerprint density at radius 1 is 1.11 bits per heavy atom. The van der Waals surface area contributed by atoms with Crippen LogP contribution >= 0.6 is 11.8 Å². The van der Waals surface area contributed by atoms with Gasteiger partial charge in [-0.05, 0) is 36.2 Å². The molecule has 3 nitrogen and oxygen atoms in total. The number of ether oxygens (including phenoxy) is 1. The number of pyridine rings is 1. The third-order valence-electron chi connectivity index (χ3n) is 4.76. The molecule has 2 heterocycles. The Morgan fingerprint density at radius 3 is 2.71 bits per heavy atom. The van der Waals surface area contributed by atoms with Gasteiger partial charge >= 0.3 is 0 Å². The van der Waals surface area contributed by atoms with Crippen molar-refractivity contribution in [2.45, 2.75) is 50.8 Å². The Balaban J connectivity index is 0.00000109. The zero-order valence-electron chi connectivity index (χ0n) is 17.1. The van der Waals surface area contributed by atoms with Gasteiger partial charge in [0.2, 0.25) is 0 Å². The van der Waals surface area contributed by atoms with Crippen molar-refractivity contribution in [2.75, 3.05) is 13.3 Å². The summed E-state index contributed by atoms with van der Waals surface area (Å²) in [6.45, 7) is 8.93. The molecule has 0 unspecified atom stereocenters. The fourth-order valence-electron chi connectivity index (χ4n) is 3.39. The third kappa shape index (κ3) is 4.86. The van der Waals surface area contributed by atoms with Crippen molar-refractivity contribution in [3.63, 3.8) is 0 Å². The van der Waals surface area contributed by atoms with E-state index < -0.39 is 0 Å². The minimum absolute atomic E-state index is 0.663. The summed E-state index contributed by atoms with van der Waals surface area (Å²) in [5.74, 6) is 1.91. The first-order valence-electron chi connectivity index (χ1n) is 10.3. The third-order valence-corrected chi connectivity index (χ3v) is 5.82. The highest BCUT2D eigenvalue weighted by molar-refractivity contribution is 7.98. The second kappa shape index (κ2) is 10.5. The fraction of sp³-hybridized carbons (Fsp3) is 0.375. The lowest BCUT2D eigenvalue weighted by Crippen LogP contribution is -2.33. The van der Waals surface area contributed by atoms with Crippen LogP contribution < -0.4 is 4.74 Å². The summed E-state index contributed by atoms with van der Waals surface area (Å²) in [5.41, 5.74) is 3.60. The molecular weight excluding hydrogens is 364 g/mol. The number of thioether (sulfide) groups is 1. The second-order valence-corrected chi connectivity index (χ2v) is 7.75. The first-order chi connectivity index (χ1) is 13.8. The van der Waals surface area contributed by atoms with Crippen LogP contribution in [-0.4, -0.2) is 23.2 Å². The smallest absolute Gasteiger partial charge is 0.152 e. The topological polar surface area (TPSA) is 25.4 Å². The maximum Gasteiger partial charge on any atom is 0.152 e. The number of hydrogen-bond donors (Lipinski definition) is 0. The van der Waals surface area contributed by atoms with Gasteiger partial charge in [0.15, 0.2) is 5.75 Å². The molecule has 0 aliphatic carbocycles. The number of unbranched alkanes of at least 4 members (excludes halogenated alkanes) is 1. The summed E-state index contributed by atoms with van der Waals surface area (Å²) in [6, 6.07) is 17.1. The van der Waals surface area contributed by atoms with Crippen LogP contribution in [0.1, 0.15) is 44.7 Å². The van der Waals surface area contributed by atoms with Crippen LogP contribution in [0.25, 0.3) is 10.9 Å². The van der Waals surface area contributed by atoms with E-state index in [-0.39, 0.29) is 0 Å². The molecule has 28 heavy (non-hydrogen) atoms. The molecule has 4 heteroatoms. The van der Waals surface area contributed by atoms with Crippen LogP contribution in [0.3, 0.4) is 0 Å². The number of fused-ring (bicyclic) bond motifs is 3. The predicted molar refractivity (Wildman–Crippen MR) is 120 cm³/mol. The summed E-state index contributed by atoms with van der Waals surface area (Å²) >= 11 is 1.87. The SMILES string of the molecule is CC.CCCCN1COc2c(cc(CSc3ccccc3)c3cccnc23)C1. The van der Waals surface area contributed by atoms with E-state index in [9.17, 15) is 0 Å². The molecule has 148 valence electrons. The van der Waals surface area contributed by atoms with Crippen LogP contribution in [0, 0.1) is 0 Å². The normalized spacial score (nSPS) is 13.4. The monoisotopic (exact) mass is 394 g/mol. The molecule has 0 fully saturated rings. The summed E-state index contributed by atoms with van der Waals surface area (Å²) in [4.78, 5) is 8.32. The Bertz CT molecular complexity index is 882. The molecule has 0 bridgehead atoms. The average molecular weight is 395 g/mol. The molecule has 0 radical (unpaired) electrons. The van der Waals surface area contributed by atoms with Gasteiger partial charge in [-0.3, -0.25) is 9.88 Å². The van der Waals surface area contributed by atoms with E-state index >= 15 is 0 Å². The van der Waals surface area contributed by atoms with E-state index in [0.29, 0.717) is 6.73 Å². The van der Waals surface area contributed by atoms with E-state index in [0.717, 1.165) is 30.1 Å². The summed E-state index contributed by atoms with van der Waals surface area (Å²) < 4.78 is 6.12. The lowest BCUT2D eigenvalue weighted by atomic mass is 10.0. The van der Waals surface area contributed by atoms with Crippen LogP contribution in [0.2, 0.25) is 0 Å². The lowest BCUT2D eigenvalue weighted by molar-refractivity contribution is 0.0955. The van der Waals surface area contributed by atoms with Gasteiger partial charge in [0.25, 0.3) is 0 Å². The lowest BCUT2D eigenvalue weighted by Gasteiger charge is -2.30. The summed E-state index contributed by atoms with van der Waals surface area (Å²) in [5, 5.41) is 1.21. The molecule has 0 atom stereocenters. The minimum Gasteiger partial charge on any atom is -0.475 e. The molecule has 1 aliphatic heterocycles. The maximum absolute atomic E-state index is 6.12. The maximum atomic E-state index is 6.12. The zero-order valence-corrected chi connectivity index (χ0v) is 18.0. The standard InChI is InChI=1S/C22H24N2OS.C2H6/c1-2-3-12-24-14-17-13-18(15-26-19-8-5-4-6-9-19)20-10-7-11-23-21(20)22(17)25-16-24;1-2/h4-11,13H,2-3,12,14-16H2,1H3;1-2H3. The largest absolute Gasteiger partial charge is 0.475 e. The Hall–Kier alpha value is -2.04. The highest BCUT2D eigenvalue weighted by Crippen LogP contribution is 2.36. The first-order valence-corrected chi connectivity index (χ1v) is 11.3. The van der Waals surface area contributed by atoms with Crippen molar-refractivity contribution in [1.82, 2.24) is 9.88 Å². The zero-order chi connectivity index (χ0) is 19.8. The van der Waals surface area contributed by atoms with Crippen molar-refractivity contribution in [3.05, 3.63) is 65.9 Å². The Labute approximate surface area is 173 Å². The summed E-state index contributed by atoms with van der Waals surface area (Å²) in [6.07, 6.45) is 4.28. The van der Waals surface area contributed by atoms with Gasteiger partial charge in [0, 0.05) is 40.9 Å². The van der Waals surface area contributed by atoms with Gasteiger partial charge in [-0.2, -0.15) is 0 Å². The number of rotatable bonds is 6. The first kappa shape index (κ1) is 20.7. The van der Waals surface area contributed by atoms with Crippen molar-refractivity contribution in [1.29, 1.82) is 0 Å². The van der Waals surface area contributed by atoms with Crippen LogP contribution in [0.5, 0.6) is 5.75 Å². The van der Waals surface area contributed by atoms with E-state index in [1.54, 1.807) is 0 Å². The fourth-order valence-corrected chi connectivity index (χ4v) is 4.31. The molecule has 0 amide bonds. The van der Waals surface area contributed by atoms with Gasteiger partial charge < -0.3 is 4.74 Å². The highest BCUT2D eigenvalue weighted by Gasteiger charge is 2.21. The molecule has 0 spiro atoms. The molecular formula is C24H30N2OS. The Kier molecular flexibility index (Phi) is 7.75. The second-order valence-electron chi connectivity index (χ2n) is 6.70. The van der Waals surface area contributed by atoms with E-state index in [2.05, 4.69) is 59.3 Å². The van der Waals surface area contributed by atoms with Crippen molar-refractivity contribution in [2.24, 2.45) is 0 Å². The predicted octanol–water partition coefficient (Wildman–Crippen LogP) is 6.51. The average Bonchev–Trinajstić information content (AvgIpc) is 2.78. The van der Waals surface area contributed by atoms with Gasteiger partial charge in [-0.15, -0.1) is 11.8 Å². The van der Waals surface area contributed by atoms with Gasteiger partial charge in [0.1, 0.15) is 12.2 Å². The number of hydrogen-bond acceptors (Lipinski definition) is 4. The van der Waals surface area contributed by atoms with E-state index in [1.165, 1.54) is 34.3 Å². The molecule has 0 N–H and O–H groups in total. The molecule has 4 rings (SSSR count). The van der Waals surface area contributed by atoms with Crippen LogP contribution in [0.15, 0.2) is 59.6 Å². The number of benzene rings is 2. The highest BCUT2D eigenvalue weighted by atomic mass is 32.2. The van der Waals surface area contributed by atoms with Gasteiger partial charge in [-0.1, -0.05) is 51.5 Å². The van der Waals surface area contributed by atoms with E-state index in [1.807, 2.05) is 37.9 Å². The van der Waals surface area contributed by atoms with Crippen molar-refractivity contribution >= 4 is 22.7 Å². The quantitative estimate of drug-likeness (QED) is 0.445. The van der Waals surface area contributed by atoms with Crippen molar-refractivity contribution in [3.8, 4) is 5.75 Å². The van der Waals surface area contributed by atoms with Crippen molar-refractivity contribution < 1.29 is 4.74 Å².